The summed E-state index contributed by atoms with van der Waals surface area (Å²) in [4.78, 5) is 0. The SMILES string of the molecule is CCCC(C)CS(=O)(=O)NC1CCNC(C)C1. The Hall–Kier alpha value is -0.130. The van der Waals surface area contributed by atoms with Crippen molar-refractivity contribution >= 4 is 10.0 Å². The van der Waals surface area contributed by atoms with Crippen LogP contribution in [0.5, 0.6) is 0 Å². The summed E-state index contributed by atoms with van der Waals surface area (Å²) < 4.78 is 26.8. The minimum Gasteiger partial charge on any atom is -0.314 e. The molecule has 2 N–H and O–H groups in total. The van der Waals surface area contributed by atoms with E-state index in [1.807, 2.05) is 6.92 Å². The number of hydrogen-bond acceptors (Lipinski definition) is 3. The van der Waals surface area contributed by atoms with Crippen molar-refractivity contribution in [3.8, 4) is 0 Å². The summed E-state index contributed by atoms with van der Waals surface area (Å²) in [5.41, 5.74) is 0. The number of nitrogens with one attached hydrogen (secondary N) is 2. The molecule has 0 amide bonds. The summed E-state index contributed by atoms with van der Waals surface area (Å²) in [6.45, 7) is 7.10. The van der Waals surface area contributed by atoms with Crippen LogP contribution in [-0.4, -0.2) is 32.8 Å². The van der Waals surface area contributed by atoms with Crippen LogP contribution in [0, 0.1) is 5.92 Å². The molecule has 1 heterocycles. The Morgan fingerprint density at radius 3 is 2.76 bits per heavy atom. The van der Waals surface area contributed by atoms with Crippen LogP contribution in [0.1, 0.15) is 46.5 Å². The summed E-state index contributed by atoms with van der Waals surface area (Å²) in [5, 5.41) is 3.32. The molecule has 4 nitrogen and oxygen atoms in total. The van der Waals surface area contributed by atoms with E-state index < -0.39 is 10.0 Å². The van der Waals surface area contributed by atoms with Gasteiger partial charge in [0.2, 0.25) is 10.0 Å². The zero-order valence-corrected chi connectivity index (χ0v) is 12.0. The van der Waals surface area contributed by atoms with Crippen LogP contribution >= 0.6 is 0 Å². The third-order valence-electron chi connectivity index (χ3n) is 3.26. The first-order chi connectivity index (χ1) is 7.93. The summed E-state index contributed by atoms with van der Waals surface area (Å²) in [6.07, 6.45) is 3.80. The fourth-order valence-electron chi connectivity index (χ4n) is 2.49. The standard InChI is InChI=1S/C12H26N2O2S/c1-4-5-10(2)9-17(15,16)14-12-6-7-13-11(3)8-12/h10-14H,4-9H2,1-3H3. The molecular formula is C12H26N2O2S. The van der Waals surface area contributed by atoms with Gasteiger partial charge in [0.15, 0.2) is 0 Å². The summed E-state index contributed by atoms with van der Waals surface area (Å²) >= 11 is 0. The van der Waals surface area contributed by atoms with Gasteiger partial charge in [0, 0.05) is 12.1 Å². The van der Waals surface area contributed by atoms with Crippen molar-refractivity contribution in [3.05, 3.63) is 0 Å². The highest BCUT2D eigenvalue weighted by molar-refractivity contribution is 7.89. The van der Waals surface area contributed by atoms with E-state index in [2.05, 4.69) is 23.9 Å². The molecule has 1 rings (SSSR count). The van der Waals surface area contributed by atoms with Gasteiger partial charge in [-0.1, -0.05) is 20.3 Å². The second-order valence-corrected chi connectivity index (χ2v) is 7.17. The molecule has 0 bridgehead atoms. The molecule has 3 unspecified atom stereocenters. The quantitative estimate of drug-likeness (QED) is 0.762. The van der Waals surface area contributed by atoms with Gasteiger partial charge in [-0.15, -0.1) is 0 Å². The molecule has 5 heteroatoms. The van der Waals surface area contributed by atoms with Gasteiger partial charge >= 0.3 is 0 Å². The molecule has 1 saturated heterocycles. The first kappa shape index (κ1) is 14.9. The average molecular weight is 262 g/mol. The number of hydrogen-bond donors (Lipinski definition) is 2. The fraction of sp³-hybridized carbons (Fsp3) is 1.00. The van der Waals surface area contributed by atoms with E-state index in [0.717, 1.165) is 32.2 Å². The number of piperidine rings is 1. The molecule has 0 saturated carbocycles. The maximum atomic E-state index is 12.0. The van der Waals surface area contributed by atoms with Crippen LogP contribution in [0.2, 0.25) is 0 Å². The van der Waals surface area contributed by atoms with Crippen molar-refractivity contribution in [2.75, 3.05) is 12.3 Å². The summed E-state index contributed by atoms with van der Waals surface area (Å²) in [5.74, 6) is 0.510. The van der Waals surface area contributed by atoms with Gasteiger partial charge < -0.3 is 5.32 Å². The van der Waals surface area contributed by atoms with Crippen LogP contribution < -0.4 is 10.0 Å². The molecule has 3 atom stereocenters. The van der Waals surface area contributed by atoms with Crippen LogP contribution in [-0.2, 0) is 10.0 Å². The smallest absolute Gasteiger partial charge is 0.212 e. The first-order valence-corrected chi connectivity index (χ1v) is 8.31. The lowest BCUT2D eigenvalue weighted by molar-refractivity contribution is 0.360. The third kappa shape index (κ3) is 5.84. The number of rotatable bonds is 6. The highest BCUT2D eigenvalue weighted by atomic mass is 32.2. The Morgan fingerprint density at radius 2 is 2.18 bits per heavy atom. The van der Waals surface area contributed by atoms with Crippen molar-refractivity contribution in [1.29, 1.82) is 0 Å². The largest absolute Gasteiger partial charge is 0.314 e. The van der Waals surface area contributed by atoms with Crippen molar-refractivity contribution in [3.63, 3.8) is 0 Å². The van der Waals surface area contributed by atoms with Crippen LogP contribution in [0.15, 0.2) is 0 Å². The summed E-state index contributed by atoms with van der Waals surface area (Å²) in [6, 6.07) is 0.523. The molecule has 0 aromatic rings. The molecule has 0 aromatic heterocycles. The van der Waals surface area contributed by atoms with Crippen molar-refractivity contribution in [2.24, 2.45) is 5.92 Å². The van der Waals surface area contributed by atoms with E-state index in [1.54, 1.807) is 0 Å². The van der Waals surface area contributed by atoms with E-state index in [4.69, 9.17) is 0 Å². The molecule has 0 radical (unpaired) electrons. The van der Waals surface area contributed by atoms with E-state index in [1.165, 1.54) is 0 Å². The average Bonchev–Trinajstić information content (AvgIpc) is 2.15. The highest BCUT2D eigenvalue weighted by Gasteiger charge is 2.24. The fourth-order valence-corrected chi connectivity index (χ4v) is 4.23. The minimum absolute atomic E-state index is 0.116. The normalized spacial score (nSPS) is 27.9. The van der Waals surface area contributed by atoms with Crippen molar-refractivity contribution < 1.29 is 8.42 Å². The molecule has 0 aromatic carbocycles. The van der Waals surface area contributed by atoms with Crippen molar-refractivity contribution in [2.45, 2.75) is 58.5 Å². The topological polar surface area (TPSA) is 58.2 Å². The Balaban J connectivity index is 2.42. The lowest BCUT2D eigenvalue weighted by Crippen LogP contribution is -2.47. The monoisotopic (exact) mass is 262 g/mol. The van der Waals surface area contributed by atoms with Crippen LogP contribution in [0.25, 0.3) is 0 Å². The Morgan fingerprint density at radius 1 is 1.47 bits per heavy atom. The van der Waals surface area contributed by atoms with Gasteiger partial charge in [-0.3, -0.25) is 0 Å². The van der Waals surface area contributed by atoms with Crippen LogP contribution in [0.3, 0.4) is 0 Å². The Kier molecular flexibility index (Phi) is 5.89. The second kappa shape index (κ2) is 6.71. The van der Waals surface area contributed by atoms with E-state index in [0.29, 0.717) is 6.04 Å². The highest BCUT2D eigenvalue weighted by Crippen LogP contribution is 2.12. The van der Waals surface area contributed by atoms with Gasteiger partial charge in [-0.05, 0) is 38.6 Å². The predicted molar refractivity (Wildman–Crippen MR) is 71.5 cm³/mol. The molecule has 0 spiro atoms. The van der Waals surface area contributed by atoms with Crippen molar-refractivity contribution in [1.82, 2.24) is 10.0 Å². The first-order valence-electron chi connectivity index (χ1n) is 6.66. The van der Waals surface area contributed by atoms with Gasteiger partial charge in [0.25, 0.3) is 0 Å². The second-order valence-electron chi connectivity index (χ2n) is 5.37. The van der Waals surface area contributed by atoms with Gasteiger partial charge in [0.1, 0.15) is 0 Å². The zero-order chi connectivity index (χ0) is 12.9. The number of sulfonamides is 1. The molecule has 1 fully saturated rings. The predicted octanol–water partition coefficient (Wildman–Crippen LogP) is 1.48. The molecule has 1 aliphatic heterocycles. The van der Waals surface area contributed by atoms with Gasteiger partial charge in [-0.2, -0.15) is 0 Å². The van der Waals surface area contributed by atoms with E-state index >= 15 is 0 Å². The maximum Gasteiger partial charge on any atom is 0.212 e. The third-order valence-corrected chi connectivity index (χ3v) is 4.96. The zero-order valence-electron chi connectivity index (χ0n) is 11.2. The summed E-state index contributed by atoms with van der Waals surface area (Å²) in [7, 11) is -3.10. The molecule has 17 heavy (non-hydrogen) atoms. The molecule has 0 aliphatic carbocycles. The molecule has 102 valence electrons. The minimum atomic E-state index is -3.10. The van der Waals surface area contributed by atoms with E-state index in [9.17, 15) is 8.42 Å². The van der Waals surface area contributed by atoms with Gasteiger partial charge in [0.05, 0.1) is 5.75 Å². The Labute approximate surface area is 106 Å². The van der Waals surface area contributed by atoms with E-state index in [-0.39, 0.29) is 17.7 Å². The Bertz CT molecular complexity index is 316. The lowest BCUT2D eigenvalue weighted by atomic mass is 10.0. The lowest BCUT2D eigenvalue weighted by Gasteiger charge is -2.28. The molecule has 1 aliphatic rings. The molecular weight excluding hydrogens is 236 g/mol. The van der Waals surface area contributed by atoms with Gasteiger partial charge in [-0.25, -0.2) is 13.1 Å². The van der Waals surface area contributed by atoms with Crippen LogP contribution in [0.4, 0.5) is 0 Å². The maximum absolute atomic E-state index is 12.0.